The summed E-state index contributed by atoms with van der Waals surface area (Å²) in [5, 5.41) is 8.63. The fourth-order valence-electron chi connectivity index (χ4n) is 6.72. The van der Waals surface area contributed by atoms with Crippen LogP contribution in [0.1, 0.15) is 77.0 Å². The molecule has 0 bridgehead atoms. The molecule has 0 unspecified atom stereocenters. The van der Waals surface area contributed by atoms with Crippen LogP contribution in [-0.2, 0) is 13.0 Å². The molecule has 0 amide bonds. The van der Waals surface area contributed by atoms with Crippen molar-refractivity contribution in [2.45, 2.75) is 84.1 Å². The summed E-state index contributed by atoms with van der Waals surface area (Å²) in [5.41, 5.74) is 5.36. The first-order valence-electron chi connectivity index (χ1n) is 17.1. The van der Waals surface area contributed by atoms with Crippen molar-refractivity contribution in [3.8, 4) is 6.07 Å². The molecule has 0 fully saturated rings. The average molecular weight is 596 g/mol. The van der Waals surface area contributed by atoms with Crippen molar-refractivity contribution in [1.82, 2.24) is 4.57 Å². The predicted octanol–water partition coefficient (Wildman–Crippen LogP) is 7.35. The summed E-state index contributed by atoms with van der Waals surface area (Å²) < 4.78 is 2.17. The number of rotatable bonds is 16. The van der Waals surface area contributed by atoms with Crippen molar-refractivity contribution in [2.24, 2.45) is 0 Å². The van der Waals surface area contributed by atoms with Gasteiger partial charge in [-0.1, -0.05) is 180 Å². The zero-order chi connectivity index (χ0) is 31.4. The molecule has 0 saturated carbocycles. The van der Waals surface area contributed by atoms with Crippen LogP contribution in [0, 0.1) is 11.3 Å². The van der Waals surface area contributed by atoms with E-state index in [2.05, 4.69) is 144 Å². The Morgan fingerprint density at radius 3 is 1.38 bits per heavy atom. The van der Waals surface area contributed by atoms with Crippen LogP contribution in [0.25, 0.3) is 0 Å². The number of aryl methyl sites for hydroxylation is 2. The number of H-pyrrole nitrogens is 1. The van der Waals surface area contributed by atoms with Gasteiger partial charge < -0.3 is 0 Å². The Labute approximate surface area is 271 Å². The second-order valence-corrected chi connectivity index (χ2v) is 12.1. The first-order chi connectivity index (χ1) is 22.3. The standard InChI is InChI=1S/C24H20B.C17H29N3/c1-5-13-21(14-6-1)25(22-15-7-2-8-16-22,23-17-9-3-10-18-23)24-19-11-4-12-20-24;1-2-3-4-5-6-7-8-9-10-12-17-19-14-16-20(17)15-11-13-18/h1-20H;14,16H,2-12,15H2,1H3/q-1;/p+1. The first kappa shape index (κ1) is 33.5. The largest absolute Gasteiger partial charge is 0.254 e. The Morgan fingerprint density at radius 2 is 0.978 bits per heavy atom. The zero-order valence-electron chi connectivity index (χ0n) is 27.2. The van der Waals surface area contributed by atoms with E-state index in [1.54, 1.807) is 0 Å². The number of benzene rings is 4. The van der Waals surface area contributed by atoms with E-state index >= 15 is 0 Å². The van der Waals surface area contributed by atoms with Crippen LogP contribution >= 0.6 is 0 Å². The predicted molar refractivity (Wildman–Crippen MR) is 192 cm³/mol. The van der Waals surface area contributed by atoms with Gasteiger partial charge in [-0.3, -0.25) is 0 Å². The van der Waals surface area contributed by atoms with E-state index in [1.165, 1.54) is 85.5 Å². The molecule has 0 saturated heterocycles. The topological polar surface area (TPSA) is 42.9 Å². The van der Waals surface area contributed by atoms with Crippen LogP contribution in [-0.4, -0.2) is 10.7 Å². The molecule has 5 aromatic rings. The molecule has 0 aliphatic carbocycles. The minimum Gasteiger partial charge on any atom is -0.248 e. The summed E-state index contributed by atoms with van der Waals surface area (Å²) in [6, 6.07) is 45.7. The summed E-state index contributed by atoms with van der Waals surface area (Å²) in [4.78, 5) is 3.29. The molecule has 0 atom stereocenters. The number of unbranched alkanes of at least 4 members (excludes halogenated alkanes) is 8. The van der Waals surface area contributed by atoms with Crippen LogP contribution in [0.5, 0.6) is 0 Å². The van der Waals surface area contributed by atoms with Crippen molar-refractivity contribution >= 4 is 28.0 Å². The highest BCUT2D eigenvalue weighted by Crippen LogP contribution is 2.11. The summed E-state index contributed by atoms with van der Waals surface area (Å²) in [5.74, 6) is 1.27. The highest BCUT2D eigenvalue weighted by atomic mass is 15.1. The molecule has 0 aliphatic heterocycles. The summed E-state index contributed by atoms with van der Waals surface area (Å²) >= 11 is 0. The van der Waals surface area contributed by atoms with E-state index in [0.29, 0.717) is 6.42 Å². The quantitative estimate of drug-likeness (QED) is 0.0869. The van der Waals surface area contributed by atoms with E-state index in [9.17, 15) is 0 Å². The summed E-state index contributed by atoms with van der Waals surface area (Å²) in [7, 11) is 0. The van der Waals surface area contributed by atoms with Gasteiger partial charge in [0.05, 0.1) is 12.5 Å². The zero-order valence-corrected chi connectivity index (χ0v) is 27.2. The van der Waals surface area contributed by atoms with Crippen molar-refractivity contribution in [1.29, 1.82) is 5.26 Å². The van der Waals surface area contributed by atoms with Gasteiger partial charge in [0.15, 0.2) is 0 Å². The van der Waals surface area contributed by atoms with Crippen LogP contribution in [0.3, 0.4) is 0 Å². The molecule has 4 aromatic carbocycles. The molecule has 4 heteroatoms. The maximum Gasteiger partial charge on any atom is 0.254 e. The average Bonchev–Trinajstić information content (AvgIpc) is 3.56. The molecule has 1 N–H and O–H groups in total. The lowest BCUT2D eigenvalue weighted by Crippen LogP contribution is -2.74. The van der Waals surface area contributed by atoms with Crippen LogP contribution in [0.2, 0.25) is 0 Å². The van der Waals surface area contributed by atoms with Gasteiger partial charge in [-0.2, -0.15) is 27.1 Å². The number of hydrogen-bond donors (Lipinski definition) is 0. The van der Waals surface area contributed by atoms with Crippen LogP contribution < -0.4 is 26.8 Å². The Balaban J connectivity index is 0.000000211. The van der Waals surface area contributed by atoms with Crippen molar-refractivity contribution in [3.05, 3.63) is 140 Å². The van der Waals surface area contributed by atoms with E-state index in [0.717, 1.165) is 13.0 Å². The van der Waals surface area contributed by atoms with Gasteiger partial charge in [-0.05, 0) is 6.42 Å². The normalized spacial score (nSPS) is 10.9. The smallest absolute Gasteiger partial charge is 0.248 e. The molecule has 0 radical (unpaired) electrons. The number of hydrogen-bond acceptors (Lipinski definition) is 1. The first-order valence-corrected chi connectivity index (χ1v) is 17.1. The molecular weight excluding hydrogens is 545 g/mol. The molecule has 0 aliphatic rings. The Bertz CT molecular complexity index is 1350. The Morgan fingerprint density at radius 1 is 0.578 bits per heavy atom. The van der Waals surface area contributed by atoms with E-state index in [4.69, 9.17) is 5.26 Å². The van der Waals surface area contributed by atoms with Gasteiger partial charge in [-0.25, -0.2) is 9.55 Å². The maximum atomic E-state index is 8.63. The number of aromatic nitrogens is 2. The Kier molecular flexibility index (Phi) is 14.3. The maximum absolute atomic E-state index is 8.63. The summed E-state index contributed by atoms with van der Waals surface area (Å²) in [6.45, 7) is 3.08. The monoisotopic (exact) mass is 595 g/mol. The number of nitriles is 1. The Hall–Kier alpha value is -4.36. The van der Waals surface area contributed by atoms with Crippen LogP contribution in [0.15, 0.2) is 134 Å². The van der Waals surface area contributed by atoms with Crippen LogP contribution in [0.4, 0.5) is 0 Å². The lowest BCUT2D eigenvalue weighted by molar-refractivity contribution is -0.390. The van der Waals surface area contributed by atoms with E-state index < -0.39 is 6.15 Å². The minimum atomic E-state index is -1.22. The molecule has 45 heavy (non-hydrogen) atoms. The van der Waals surface area contributed by atoms with Crippen molar-refractivity contribution in [2.75, 3.05) is 0 Å². The molecule has 5 rings (SSSR count). The third-order valence-electron chi connectivity index (χ3n) is 9.03. The molecule has 232 valence electrons. The SMILES string of the molecule is CCCCCCCCCCCc1[nH+]ccn1CCC#N.c1ccc([B-](c2ccccc2)(c2ccccc2)c2ccccc2)cc1. The molecule has 1 heterocycles. The van der Waals surface area contributed by atoms with E-state index in [1.807, 2.05) is 12.4 Å². The second-order valence-electron chi connectivity index (χ2n) is 12.1. The molecule has 3 nitrogen and oxygen atoms in total. The number of nitrogens with one attached hydrogen (secondary N) is 1. The van der Waals surface area contributed by atoms with Gasteiger partial charge >= 0.3 is 0 Å². The minimum absolute atomic E-state index is 0.591. The van der Waals surface area contributed by atoms with Gasteiger partial charge in [0.1, 0.15) is 25.1 Å². The van der Waals surface area contributed by atoms with Gasteiger partial charge in [0.25, 0.3) is 5.82 Å². The fraction of sp³-hybridized carbons (Fsp3) is 0.317. The van der Waals surface area contributed by atoms with Gasteiger partial charge in [0.2, 0.25) is 0 Å². The fourth-order valence-corrected chi connectivity index (χ4v) is 6.72. The summed E-state index contributed by atoms with van der Waals surface area (Å²) in [6.07, 6.45) is 16.8. The highest BCUT2D eigenvalue weighted by Gasteiger charge is 2.31. The second kappa shape index (κ2) is 19.1. The third kappa shape index (κ3) is 9.56. The number of nitrogens with zero attached hydrogens (tertiary/aromatic N) is 2. The van der Waals surface area contributed by atoms with Crippen molar-refractivity contribution in [3.63, 3.8) is 0 Å². The lowest BCUT2D eigenvalue weighted by atomic mass is 9.13. The van der Waals surface area contributed by atoms with Gasteiger partial charge in [0, 0.05) is 6.42 Å². The van der Waals surface area contributed by atoms with E-state index in [-0.39, 0.29) is 0 Å². The molecule has 0 spiro atoms. The highest BCUT2D eigenvalue weighted by molar-refractivity contribution is 7.19. The molecule has 1 aromatic heterocycles. The van der Waals surface area contributed by atoms with Gasteiger partial charge in [-0.15, -0.1) is 0 Å². The third-order valence-corrected chi connectivity index (χ3v) is 9.03. The van der Waals surface area contributed by atoms with Crippen molar-refractivity contribution < 1.29 is 4.98 Å². The number of imidazole rings is 1. The molecular formula is C41H50BN3. The number of aromatic amines is 1. The lowest BCUT2D eigenvalue weighted by Gasteiger charge is -2.44.